The van der Waals surface area contributed by atoms with Crippen molar-refractivity contribution in [3.8, 4) is 5.88 Å². The summed E-state index contributed by atoms with van der Waals surface area (Å²) in [5.41, 5.74) is 0. The zero-order chi connectivity index (χ0) is 14.5. The lowest BCUT2D eigenvalue weighted by molar-refractivity contribution is -0.138. The Kier molecular flexibility index (Phi) is 4.52. The number of aliphatic carboxylic acids is 1. The van der Waals surface area contributed by atoms with Crippen LogP contribution in [0.4, 0.5) is 5.82 Å². The number of hydrogen-bond donors (Lipinski definition) is 2. The number of carboxylic acids is 1. The number of hydrogen-bond acceptors (Lipinski definition) is 6. The maximum atomic E-state index is 11.3. The number of carbonyl (C=O) groups is 1. The lowest BCUT2D eigenvalue weighted by Crippen LogP contribution is -2.20. The fourth-order valence-corrected chi connectivity index (χ4v) is 2.35. The molecule has 0 saturated carbocycles. The molecule has 1 unspecified atom stereocenters. The van der Waals surface area contributed by atoms with Crippen molar-refractivity contribution in [1.29, 1.82) is 0 Å². The monoisotopic (exact) mass is 293 g/mol. The van der Waals surface area contributed by atoms with E-state index >= 15 is 0 Å². The van der Waals surface area contributed by atoms with Crippen LogP contribution < -0.4 is 10.1 Å². The Morgan fingerprint density at radius 2 is 2.25 bits per heavy atom. The van der Waals surface area contributed by atoms with Crippen molar-refractivity contribution >= 4 is 23.1 Å². The Morgan fingerprint density at radius 1 is 1.45 bits per heavy atom. The minimum absolute atomic E-state index is 0.00897. The lowest BCUT2D eigenvalue weighted by atomic mass is 10.2. The van der Waals surface area contributed by atoms with E-state index in [2.05, 4.69) is 15.3 Å². The summed E-state index contributed by atoms with van der Waals surface area (Å²) in [5, 5.41) is 14.0. The first-order valence-corrected chi connectivity index (χ1v) is 6.95. The van der Waals surface area contributed by atoms with Crippen LogP contribution in [0.1, 0.15) is 24.8 Å². The Bertz CT molecular complexity index is 572. The van der Waals surface area contributed by atoms with Gasteiger partial charge in [0.2, 0.25) is 5.88 Å². The molecule has 0 amide bonds. The van der Waals surface area contributed by atoms with Crippen molar-refractivity contribution in [3.05, 3.63) is 34.8 Å². The fraction of sp³-hybridized carbons (Fsp3) is 0.308. The highest BCUT2D eigenvalue weighted by molar-refractivity contribution is 7.10. The quantitative estimate of drug-likeness (QED) is 0.851. The van der Waals surface area contributed by atoms with Gasteiger partial charge in [-0.05, 0) is 25.3 Å². The van der Waals surface area contributed by atoms with Gasteiger partial charge >= 0.3 is 5.97 Å². The minimum Gasteiger partial charge on any atom is -0.479 e. The van der Waals surface area contributed by atoms with Gasteiger partial charge in [0, 0.05) is 10.9 Å². The van der Waals surface area contributed by atoms with Gasteiger partial charge in [0.25, 0.3) is 0 Å². The van der Waals surface area contributed by atoms with E-state index in [1.165, 1.54) is 17.7 Å². The van der Waals surface area contributed by atoms with E-state index in [0.29, 0.717) is 16.6 Å². The number of aromatic nitrogens is 2. The normalized spacial score (nSPS) is 12.2. The standard InChI is InChI=1S/C13H15N3O3S/c1-8(2)19-11-6-10(14-7-15-11)16-12(13(17)18)9-4-3-5-20-9/h3-8,12H,1-2H3,(H,17,18)(H,14,15,16). The van der Waals surface area contributed by atoms with Crippen LogP contribution in [0.2, 0.25) is 0 Å². The molecule has 7 heteroatoms. The summed E-state index contributed by atoms with van der Waals surface area (Å²) in [6.45, 7) is 3.78. The van der Waals surface area contributed by atoms with Gasteiger partial charge in [-0.3, -0.25) is 0 Å². The van der Waals surface area contributed by atoms with E-state index in [9.17, 15) is 9.90 Å². The average Bonchev–Trinajstić information content (AvgIpc) is 2.88. The molecule has 20 heavy (non-hydrogen) atoms. The third-order valence-corrected chi connectivity index (χ3v) is 3.30. The van der Waals surface area contributed by atoms with Gasteiger partial charge < -0.3 is 15.2 Å². The molecule has 0 aromatic carbocycles. The van der Waals surface area contributed by atoms with E-state index in [-0.39, 0.29) is 6.10 Å². The molecule has 2 aromatic rings. The van der Waals surface area contributed by atoms with E-state index < -0.39 is 12.0 Å². The van der Waals surface area contributed by atoms with Crippen molar-refractivity contribution in [2.45, 2.75) is 26.0 Å². The van der Waals surface area contributed by atoms with Gasteiger partial charge in [-0.15, -0.1) is 11.3 Å². The molecule has 106 valence electrons. The Labute approximate surface area is 120 Å². The Balaban J connectivity index is 2.17. The molecule has 2 N–H and O–H groups in total. The molecular formula is C13H15N3O3S. The van der Waals surface area contributed by atoms with Crippen molar-refractivity contribution < 1.29 is 14.6 Å². The molecule has 2 aromatic heterocycles. The first-order valence-electron chi connectivity index (χ1n) is 6.07. The zero-order valence-corrected chi connectivity index (χ0v) is 11.9. The van der Waals surface area contributed by atoms with Gasteiger partial charge in [-0.1, -0.05) is 6.07 Å². The number of thiophene rings is 1. The van der Waals surface area contributed by atoms with Crippen LogP contribution in [-0.2, 0) is 4.79 Å². The van der Waals surface area contributed by atoms with Gasteiger partial charge in [0.05, 0.1) is 6.10 Å². The Morgan fingerprint density at radius 3 is 2.85 bits per heavy atom. The number of nitrogens with zero attached hydrogens (tertiary/aromatic N) is 2. The van der Waals surface area contributed by atoms with Crippen LogP contribution in [0, 0.1) is 0 Å². The predicted octanol–water partition coefficient (Wildman–Crippen LogP) is 2.56. The van der Waals surface area contributed by atoms with Crippen molar-refractivity contribution in [2.75, 3.05) is 5.32 Å². The first kappa shape index (κ1) is 14.3. The minimum atomic E-state index is -0.961. The summed E-state index contributed by atoms with van der Waals surface area (Å²) in [4.78, 5) is 20.0. The maximum Gasteiger partial charge on any atom is 0.331 e. The second kappa shape index (κ2) is 6.33. The van der Waals surface area contributed by atoms with Crippen molar-refractivity contribution in [2.24, 2.45) is 0 Å². The highest BCUT2D eigenvalue weighted by atomic mass is 32.1. The second-order valence-electron chi connectivity index (χ2n) is 4.34. The maximum absolute atomic E-state index is 11.3. The van der Waals surface area contributed by atoms with Crippen molar-refractivity contribution in [3.63, 3.8) is 0 Å². The molecule has 0 aliphatic rings. The topological polar surface area (TPSA) is 84.3 Å². The van der Waals surface area contributed by atoms with Gasteiger partial charge in [0.1, 0.15) is 12.1 Å². The number of rotatable bonds is 6. The van der Waals surface area contributed by atoms with Gasteiger partial charge in [-0.25, -0.2) is 14.8 Å². The summed E-state index contributed by atoms with van der Waals surface area (Å²) in [7, 11) is 0. The van der Waals surface area contributed by atoms with Crippen LogP contribution in [0.5, 0.6) is 5.88 Å². The molecule has 0 fully saturated rings. The van der Waals surface area contributed by atoms with E-state index in [0.717, 1.165) is 0 Å². The van der Waals surface area contributed by atoms with Crippen LogP contribution in [-0.4, -0.2) is 27.1 Å². The van der Waals surface area contributed by atoms with Gasteiger partial charge in [0.15, 0.2) is 6.04 Å². The fourth-order valence-electron chi connectivity index (χ4n) is 1.58. The molecule has 2 heterocycles. The Hall–Kier alpha value is -2.15. The lowest BCUT2D eigenvalue weighted by Gasteiger charge is -2.14. The van der Waals surface area contributed by atoms with Gasteiger partial charge in [-0.2, -0.15) is 0 Å². The molecule has 0 bridgehead atoms. The van der Waals surface area contributed by atoms with Crippen LogP contribution >= 0.6 is 11.3 Å². The predicted molar refractivity (Wildman–Crippen MR) is 76.1 cm³/mol. The van der Waals surface area contributed by atoms with E-state index in [4.69, 9.17) is 4.74 Å². The first-order chi connectivity index (χ1) is 9.56. The smallest absolute Gasteiger partial charge is 0.331 e. The molecule has 0 radical (unpaired) electrons. The average molecular weight is 293 g/mol. The summed E-state index contributed by atoms with van der Waals surface area (Å²) in [5.74, 6) is -0.137. The molecule has 6 nitrogen and oxygen atoms in total. The van der Waals surface area contributed by atoms with E-state index in [1.807, 2.05) is 25.3 Å². The summed E-state index contributed by atoms with van der Waals surface area (Å²) in [6, 6.07) is 4.33. The highest BCUT2D eigenvalue weighted by Crippen LogP contribution is 2.24. The second-order valence-corrected chi connectivity index (χ2v) is 5.32. The zero-order valence-electron chi connectivity index (χ0n) is 11.1. The summed E-state index contributed by atoms with van der Waals surface area (Å²) >= 11 is 1.38. The summed E-state index contributed by atoms with van der Waals surface area (Å²) < 4.78 is 5.45. The molecule has 2 rings (SSSR count). The molecular weight excluding hydrogens is 278 g/mol. The highest BCUT2D eigenvalue weighted by Gasteiger charge is 2.21. The van der Waals surface area contributed by atoms with E-state index in [1.54, 1.807) is 12.1 Å². The number of nitrogens with one attached hydrogen (secondary N) is 1. The molecule has 1 atom stereocenters. The third-order valence-electron chi connectivity index (χ3n) is 2.37. The van der Waals surface area contributed by atoms with Crippen LogP contribution in [0.15, 0.2) is 29.9 Å². The van der Waals surface area contributed by atoms with Crippen LogP contribution in [0.3, 0.4) is 0 Å². The largest absolute Gasteiger partial charge is 0.479 e. The molecule has 0 aliphatic heterocycles. The molecule has 0 saturated heterocycles. The number of carboxylic acid groups (broad SMARTS) is 1. The number of anilines is 1. The van der Waals surface area contributed by atoms with Crippen molar-refractivity contribution in [1.82, 2.24) is 9.97 Å². The molecule has 0 aliphatic carbocycles. The summed E-state index contributed by atoms with van der Waals surface area (Å²) in [6.07, 6.45) is 1.33. The van der Waals surface area contributed by atoms with Crippen LogP contribution in [0.25, 0.3) is 0 Å². The number of ether oxygens (including phenoxy) is 1. The SMILES string of the molecule is CC(C)Oc1cc(NC(C(=O)O)c2cccs2)ncn1. The molecule has 0 spiro atoms. The third kappa shape index (κ3) is 3.67.